The molecule has 1 aromatic rings. The van der Waals surface area contributed by atoms with E-state index >= 15 is 0 Å². The smallest absolute Gasteiger partial charge is 0.260 e. The van der Waals surface area contributed by atoms with Gasteiger partial charge in [-0.15, -0.1) is 0 Å². The summed E-state index contributed by atoms with van der Waals surface area (Å²) in [7, 11) is 0. The average molecular weight is 314 g/mol. The zero-order valence-corrected chi connectivity index (χ0v) is 13.8. The Kier molecular flexibility index (Phi) is 6.99. The number of carbonyl (C=O) groups is 1. The van der Waals surface area contributed by atoms with Gasteiger partial charge in [0.1, 0.15) is 5.75 Å². The standard InChI is InChI=1S/C16H24ClNO3/c1-5-6-10(2)18-16(20)12(4)21-15-8-7-13(11(3)19)9-14(15)17/h7-12,19H,5-6H2,1-4H3,(H,18,20)/t10?,11-,12?/m1/s1. The van der Waals surface area contributed by atoms with Crippen LogP contribution in [0.25, 0.3) is 0 Å². The number of benzene rings is 1. The molecule has 4 nitrogen and oxygen atoms in total. The first kappa shape index (κ1) is 17.8. The summed E-state index contributed by atoms with van der Waals surface area (Å²) in [4.78, 5) is 12.0. The number of rotatable bonds is 7. The van der Waals surface area contributed by atoms with Crippen molar-refractivity contribution in [2.24, 2.45) is 0 Å². The Morgan fingerprint density at radius 2 is 2.05 bits per heavy atom. The number of nitrogens with one attached hydrogen (secondary N) is 1. The van der Waals surface area contributed by atoms with Crippen molar-refractivity contribution >= 4 is 17.5 Å². The van der Waals surface area contributed by atoms with Crippen LogP contribution in [0.5, 0.6) is 5.75 Å². The van der Waals surface area contributed by atoms with Crippen LogP contribution in [0.3, 0.4) is 0 Å². The van der Waals surface area contributed by atoms with E-state index in [0.717, 1.165) is 12.8 Å². The Morgan fingerprint density at radius 3 is 2.57 bits per heavy atom. The van der Waals surface area contributed by atoms with Gasteiger partial charge >= 0.3 is 0 Å². The van der Waals surface area contributed by atoms with Gasteiger partial charge in [0.05, 0.1) is 11.1 Å². The zero-order chi connectivity index (χ0) is 16.0. The summed E-state index contributed by atoms with van der Waals surface area (Å²) < 4.78 is 5.60. The lowest BCUT2D eigenvalue weighted by atomic mass is 10.1. The van der Waals surface area contributed by atoms with Gasteiger partial charge in [-0.1, -0.05) is 31.0 Å². The fourth-order valence-electron chi connectivity index (χ4n) is 1.98. The number of hydrogen-bond acceptors (Lipinski definition) is 3. The molecule has 0 fully saturated rings. The SMILES string of the molecule is CCCC(C)NC(=O)C(C)Oc1ccc([C@@H](C)O)cc1Cl. The highest BCUT2D eigenvalue weighted by Crippen LogP contribution is 2.28. The van der Waals surface area contributed by atoms with E-state index in [9.17, 15) is 9.90 Å². The Morgan fingerprint density at radius 1 is 1.38 bits per heavy atom. The van der Waals surface area contributed by atoms with Gasteiger partial charge in [0.15, 0.2) is 6.10 Å². The van der Waals surface area contributed by atoms with Crippen LogP contribution in [0, 0.1) is 0 Å². The summed E-state index contributed by atoms with van der Waals surface area (Å²) in [5.74, 6) is 0.276. The van der Waals surface area contributed by atoms with Gasteiger partial charge in [0.2, 0.25) is 0 Å². The highest BCUT2D eigenvalue weighted by molar-refractivity contribution is 6.32. The highest BCUT2D eigenvalue weighted by atomic mass is 35.5. The molecule has 0 aliphatic rings. The van der Waals surface area contributed by atoms with E-state index < -0.39 is 12.2 Å². The van der Waals surface area contributed by atoms with E-state index in [-0.39, 0.29) is 11.9 Å². The molecule has 1 aromatic carbocycles. The number of ether oxygens (including phenoxy) is 1. The lowest BCUT2D eigenvalue weighted by molar-refractivity contribution is -0.127. The molecule has 2 N–H and O–H groups in total. The summed E-state index contributed by atoms with van der Waals surface area (Å²) in [6, 6.07) is 5.17. The van der Waals surface area contributed by atoms with Crippen molar-refractivity contribution in [3.05, 3.63) is 28.8 Å². The topological polar surface area (TPSA) is 58.6 Å². The van der Waals surface area contributed by atoms with Crippen molar-refractivity contribution in [2.45, 2.75) is 58.8 Å². The van der Waals surface area contributed by atoms with Crippen LogP contribution < -0.4 is 10.1 Å². The number of aliphatic hydroxyl groups excluding tert-OH is 1. The minimum atomic E-state index is -0.626. The van der Waals surface area contributed by atoms with Crippen LogP contribution in [0.15, 0.2) is 18.2 Å². The Balaban J connectivity index is 2.66. The van der Waals surface area contributed by atoms with Gasteiger partial charge in [0.25, 0.3) is 5.91 Å². The van der Waals surface area contributed by atoms with E-state index in [1.54, 1.807) is 32.0 Å². The number of aliphatic hydroxyl groups is 1. The Bertz CT molecular complexity index is 477. The minimum Gasteiger partial charge on any atom is -0.479 e. The number of halogens is 1. The van der Waals surface area contributed by atoms with Gasteiger partial charge in [0, 0.05) is 6.04 Å². The van der Waals surface area contributed by atoms with Crippen molar-refractivity contribution in [3.63, 3.8) is 0 Å². The number of hydrogen-bond donors (Lipinski definition) is 2. The van der Waals surface area contributed by atoms with E-state index in [1.807, 2.05) is 6.92 Å². The minimum absolute atomic E-state index is 0.127. The maximum atomic E-state index is 12.0. The maximum absolute atomic E-state index is 12.0. The molecule has 0 radical (unpaired) electrons. The third-order valence-corrected chi connectivity index (χ3v) is 3.52. The van der Waals surface area contributed by atoms with Crippen LogP contribution in [0.2, 0.25) is 5.02 Å². The molecule has 0 bridgehead atoms. The lowest BCUT2D eigenvalue weighted by Crippen LogP contribution is -2.41. The number of amides is 1. The van der Waals surface area contributed by atoms with E-state index in [1.165, 1.54) is 0 Å². The molecule has 0 spiro atoms. The molecule has 0 saturated heterocycles. The molecular formula is C16H24ClNO3. The lowest BCUT2D eigenvalue weighted by Gasteiger charge is -2.19. The molecule has 21 heavy (non-hydrogen) atoms. The largest absolute Gasteiger partial charge is 0.479 e. The van der Waals surface area contributed by atoms with Crippen molar-refractivity contribution in [2.75, 3.05) is 0 Å². The zero-order valence-electron chi connectivity index (χ0n) is 13.0. The van der Waals surface area contributed by atoms with Crippen LogP contribution in [0.1, 0.15) is 52.2 Å². The van der Waals surface area contributed by atoms with Crippen LogP contribution in [-0.2, 0) is 4.79 Å². The van der Waals surface area contributed by atoms with Gasteiger partial charge < -0.3 is 15.2 Å². The first-order valence-electron chi connectivity index (χ1n) is 7.29. The molecule has 5 heteroatoms. The fourth-order valence-corrected chi connectivity index (χ4v) is 2.22. The molecule has 118 valence electrons. The average Bonchev–Trinajstić information content (AvgIpc) is 2.40. The molecule has 0 saturated carbocycles. The number of carbonyl (C=O) groups excluding carboxylic acids is 1. The van der Waals surface area contributed by atoms with Crippen molar-refractivity contribution in [1.82, 2.24) is 5.32 Å². The molecule has 3 atom stereocenters. The quantitative estimate of drug-likeness (QED) is 0.810. The van der Waals surface area contributed by atoms with Crippen LogP contribution in [-0.4, -0.2) is 23.2 Å². The first-order chi connectivity index (χ1) is 9.85. The van der Waals surface area contributed by atoms with Crippen molar-refractivity contribution in [1.29, 1.82) is 0 Å². The third kappa shape index (κ3) is 5.56. The van der Waals surface area contributed by atoms with Gasteiger partial charge in [-0.3, -0.25) is 4.79 Å². The van der Waals surface area contributed by atoms with Gasteiger partial charge in [-0.25, -0.2) is 0 Å². The van der Waals surface area contributed by atoms with E-state index in [0.29, 0.717) is 16.3 Å². The first-order valence-corrected chi connectivity index (χ1v) is 7.67. The molecule has 0 heterocycles. The molecule has 0 aliphatic carbocycles. The summed E-state index contributed by atoms with van der Waals surface area (Å²) in [6.07, 6.45) is 0.734. The molecule has 0 aliphatic heterocycles. The Hall–Kier alpha value is -1.26. The summed E-state index contributed by atoms with van der Waals surface area (Å²) in [5.41, 5.74) is 0.709. The summed E-state index contributed by atoms with van der Waals surface area (Å²) in [5, 5.41) is 12.8. The third-order valence-electron chi connectivity index (χ3n) is 3.22. The maximum Gasteiger partial charge on any atom is 0.260 e. The molecule has 0 aromatic heterocycles. The summed E-state index contributed by atoms with van der Waals surface area (Å²) in [6.45, 7) is 7.40. The van der Waals surface area contributed by atoms with E-state index in [4.69, 9.17) is 16.3 Å². The fraction of sp³-hybridized carbons (Fsp3) is 0.562. The molecule has 2 unspecified atom stereocenters. The monoisotopic (exact) mass is 313 g/mol. The normalized spacial score (nSPS) is 15.1. The van der Waals surface area contributed by atoms with Gasteiger partial charge in [-0.2, -0.15) is 0 Å². The second kappa shape index (κ2) is 8.25. The van der Waals surface area contributed by atoms with Crippen LogP contribution >= 0.6 is 11.6 Å². The van der Waals surface area contributed by atoms with Gasteiger partial charge in [-0.05, 0) is 44.9 Å². The molecule has 1 rings (SSSR count). The molecular weight excluding hydrogens is 290 g/mol. The second-order valence-electron chi connectivity index (χ2n) is 5.32. The van der Waals surface area contributed by atoms with E-state index in [2.05, 4.69) is 12.2 Å². The van der Waals surface area contributed by atoms with Crippen molar-refractivity contribution in [3.8, 4) is 5.75 Å². The Labute approximate surface area is 131 Å². The second-order valence-corrected chi connectivity index (χ2v) is 5.73. The highest BCUT2D eigenvalue weighted by Gasteiger charge is 2.18. The predicted octanol–water partition coefficient (Wildman–Crippen LogP) is 3.47. The summed E-state index contributed by atoms with van der Waals surface area (Å²) >= 11 is 6.11. The van der Waals surface area contributed by atoms with Crippen molar-refractivity contribution < 1.29 is 14.6 Å². The predicted molar refractivity (Wildman–Crippen MR) is 84.7 cm³/mol. The van der Waals surface area contributed by atoms with Crippen LogP contribution in [0.4, 0.5) is 0 Å². The molecule has 1 amide bonds.